The van der Waals surface area contributed by atoms with Crippen LogP contribution in [0, 0.1) is 13.8 Å². The van der Waals surface area contributed by atoms with Crippen LogP contribution < -0.4 is 10.1 Å². The van der Waals surface area contributed by atoms with Gasteiger partial charge in [0.2, 0.25) is 5.88 Å². The summed E-state index contributed by atoms with van der Waals surface area (Å²) in [4.78, 5) is 8.28. The zero-order valence-corrected chi connectivity index (χ0v) is 12.3. The van der Waals surface area contributed by atoms with Crippen LogP contribution in [0.15, 0.2) is 16.9 Å². The van der Waals surface area contributed by atoms with E-state index in [1.807, 2.05) is 20.8 Å². The summed E-state index contributed by atoms with van der Waals surface area (Å²) in [5.74, 6) is 2.13. The summed E-state index contributed by atoms with van der Waals surface area (Å²) < 4.78 is 10.6. The average molecular weight is 276 g/mol. The molecule has 0 saturated heterocycles. The number of hydrogen-bond acceptors (Lipinski definition) is 6. The molecular formula is C14H20N4O2. The molecule has 2 aromatic rings. The number of rotatable bonds is 6. The van der Waals surface area contributed by atoms with Gasteiger partial charge in [-0.2, -0.15) is 0 Å². The summed E-state index contributed by atoms with van der Waals surface area (Å²) in [5.41, 5.74) is 1.99. The molecule has 0 saturated carbocycles. The number of nitrogens with zero attached hydrogens (tertiary/aromatic N) is 3. The van der Waals surface area contributed by atoms with Crippen molar-refractivity contribution in [3.05, 3.63) is 29.4 Å². The summed E-state index contributed by atoms with van der Waals surface area (Å²) in [5, 5.41) is 7.38. The molecule has 6 nitrogen and oxygen atoms in total. The SMILES string of the molecule is CCOc1cc(N[C@H](CC)c2c(C)noc2C)ncn1. The first-order chi connectivity index (χ1) is 9.65. The predicted molar refractivity (Wildman–Crippen MR) is 75.8 cm³/mol. The van der Waals surface area contributed by atoms with Gasteiger partial charge in [-0.15, -0.1) is 0 Å². The number of hydrogen-bond donors (Lipinski definition) is 1. The third-order valence-corrected chi connectivity index (χ3v) is 3.10. The maximum Gasteiger partial charge on any atom is 0.218 e. The molecule has 2 aromatic heterocycles. The minimum absolute atomic E-state index is 0.102. The van der Waals surface area contributed by atoms with Crippen LogP contribution in [0.2, 0.25) is 0 Å². The highest BCUT2D eigenvalue weighted by atomic mass is 16.5. The van der Waals surface area contributed by atoms with Crippen LogP contribution in [0.25, 0.3) is 0 Å². The van der Waals surface area contributed by atoms with E-state index in [1.165, 1.54) is 6.33 Å². The minimum Gasteiger partial charge on any atom is -0.478 e. The third-order valence-electron chi connectivity index (χ3n) is 3.10. The van der Waals surface area contributed by atoms with Gasteiger partial charge in [-0.1, -0.05) is 12.1 Å². The van der Waals surface area contributed by atoms with E-state index >= 15 is 0 Å². The molecule has 0 unspecified atom stereocenters. The van der Waals surface area contributed by atoms with E-state index in [4.69, 9.17) is 9.26 Å². The second-order valence-corrected chi connectivity index (χ2v) is 4.52. The van der Waals surface area contributed by atoms with Crippen LogP contribution in [0.4, 0.5) is 5.82 Å². The first kappa shape index (κ1) is 14.3. The lowest BCUT2D eigenvalue weighted by Crippen LogP contribution is -2.12. The Morgan fingerprint density at radius 2 is 2.10 bits per heavy atom. The first-order valence-electron chi connectivity index (χ1n) is 6.79. The molecule has 108 valence electrons. The lowest BCUT2D eigenvalue weighted by Gasteiger charge is -2.17. The maximum atomic E-state index is 5.38. The largest absolute Gasteiger partial charge is 0.478 e. The van der Waals surface area contributed by atoms with Crippen molar-refractivity contribution in [3.63, 3.8) is 0 Å². The van der Waals surface area contributed by atoms with Gasteiger partial charge < -0.3 is 14.6 Å². The molecule has 0 aliphatic rings. The molecule has 2 rings (SSSR count). The van der Waals surface area contributed by atoms with Crippen LogP contribution in [0.3, 0.4) is 0 Å². The Kier molecular flexibility index (Phi) is 4.55. The molecule has 20 heavy (non-hydrogen) atoms. The van der Waals surface area contributed by atoms with E-state index in [-0.39, 0.29) is 6.04 Å². The van der Waals surface area contributed by atoms with Crippen LogP contribution >= 0.6 is 0 Å². The van der Waals surface area contributed by atoms with Crippen molar-refractivity contribution in [2.75, 3.05) is 11.9 Å². The van der Waals surface area contributed by atoms with Crippen molar-refractivity contribution in [1.82, 2.24) is 15.1 Å². The van der Waals surface area contributed by atoms with E-state index < -0.39 is 0 Å². The summed E-state index contributed by atoms with van der Waals surface area (Å²) in [6, 6.07) is 1.90. The molecule has 0 fully saturated rings. The fourth-order valence-electron chi connectivity index (χ4n) is 2.19. The minimum atomic E-state index is 0.102. The van der Waals surface area contributed by atoms with Crippen LogP contribution in [0.5, 0.6) is 5.88 Å². The Labute approximate surface area is 118 Å². The monoisotopic (exact) mass is 276 g/mol. The molecule has 6 heteroatoms. The fourth-order valence-corrected chi connectivity index (χ4v) is 2.19. The smallest absolute Gasteiger partial charge is 0.218 e. The highest BCUT2D eigenvalue weighted by molar-refractivity contribution is 5.41. The van der Waals surface area contributed by atoms with Gasteiger partial charge in [0.15, 0.2) is 0 Å². The zero-order chi connectivity index (χ0) is 14.5. The molecule has 0 bridgehead atoms. The molecule has 1 N–H and O–H groups in total. The standard InChI is InChI=1S/C14H20N4O2/c1-5-11(14-9(3)18-20-10(14)4)17-12-7-13(19-6-2)16-8-15-12/h7-8,11H,5-6H2,1-4H3,(H,15,16,17)/t11-/m1/s1. The highest BCUT2D eigenvalue weighted by Crippen LogP contribution is 2.27. The van der Waals surface area contributed by atoms with Crippen LogP contribution in [-0.4, -0.2) is 21.7 Å². The Morgan fingerprint density at radius 3 is 2.70 bits per heavy atom. The van der Waals surface area contributed by atoms with Gasteiger partial charge in [-0.05, 0) is 27.2 Å². The zero-order valence-electron chi connectivity index (χ0n) is 12.3. The Morgan fingerprint density at radius 1 is 1.30 bits per heavy atom. The quantitative estimate of drug-likeness (QED) is 0.874. The lowest BCUT2D eigenvalue weighted by molar-refractivity contribution is 0.326. The topological polar surface area (TPSA) is 73.1 Å². The van der Waals surface area contributed by atoms with Crippen molar-refractivity contribution >= 4 is 5.82 Å². The fraction of sp³-hybridized carbons (Fsp3) is 0.500. The van der Waals surface area contributed by atoms with Crippen molar-refractivity contribution < 1.29 is 9.26 Å². The molecule has 0 spiro atoms. The number of anilines is 1. The summed E-state index contributed by atoms with van der Waals surface area (Å²) >= 11 is 0. The van der Waals surface area contributed by atoms with E-state index in [1.54, 1.807) is 6.07 Å². The normalized spacial score (nSPS) is 12.2. The van der Waals surface area contributed by atoms with Crippen molar-refractivity contribution in [3.8, 4) is 5.88 Å². The van der Waals surface area contributed by atoms with E-state index in [0.717, 1.165) is 29.3 Å². The lowest BCUT2D eigenvalue weighted by atomic mass is 10.0. The summed E-state index contributed by atoms with van der Waals surface area (Å²) in [6.45, 7) is 8.48. The molecule has 2 heterocycles. The summed E-state index contributed by atoms with van der Waals surface area (Å²) in [7, 11) is 0. The second kappa shape index (κ2) is 6.36. The van der Waals surface area contributed by atoms with Gasteiger partial charge in [0.05, 0.1) is 18.3 Å². The number of aromatic nitrogens is 3. The molecular weight excluding hydrogens is 256 g/mol. The Bertz CT molecular complexity index is 549. The Hall–Kier alpha value is -2.11. The number of aryl methyl sites for hydroxylation is 2. The van der Waals surface area contributed by atoms with Gasteiger partial charge in [0, 0.05) is 11.6 Å². The van der Waals surface area contributed by atoms with Crippen molar-refractivity contribution in [1.29, 1.82) is 0 Å². The summed E-state index contributed by atoms with van der Waals surface area (Å²) in [6.07, 6.45) is 2.39. The van der Waals surface area contributed by atoms with Crippen molar-refractivity contribution in [2.24, 2.45) is 0 Å². The van der Waals surface area contributed by atoms with E-state index in [0.29, 0.717) is 12.5 Å². The van der Waals surface area contributed by atoms with Crippen LogP contribution in [0.1, 0.15) is 43.3 Å². The molecule has 0 aromatic carbocycles. The average Bonchev–Trinajstić information content (AvgIpc) is 2.77. The van der Waals surface area contributed by atoms with E-state index in [9.17, 15) is 0 Å². The molecule has 0 amide bonds. The van der Waals surface area contributed by atoms with Gasteiger partial charge in [-0.25, -0.2) is 9.97 Å². The van der Waals surface area contributed by atoms with Gasteiger partial charge >= 0.3 is 0 Å². The van der Waals surface area contributed by atoms with Crippen LogP contribution in [-0.2, 0) is 0 Å². The van der Waals surface area contributed by atoms with Gasteiger partial charge in [0.1, 0.15) is 17.9 Å². The maximum absolute atomic E-state index is 5.38. The number of ether oxygens (including phenoxy) is 1. The van der Waals surface area contributed by atoms with Gasteiger partial charge in [-0.3, -0.25) is 0 Å². The molecule has 0 aliphatic heterocycles. The molecule has 1 atom stereocenters. The second-order valence-electron chi connectivity index (χ2n) is 4.52. The predicted octanol–water partition coefficient (Wildman–Crippen LogP) is 3.04. The molecule has 0 aliphatic carbocycles. The van der Waals surface area contributed by atoms with E-state index in [2.05, 4.69) is 27.4 Å². The molecule has 0 radical (unpaired) electrons. The number of nitrogens with one attached hydrogen (secondary N) is 1. The highest BCUT2D eigenvalue weighted by Gasteiger charge is 2.19. The van der Waals surface area contributed by atoms with Gasteiger partial charge in [0.25, 0.3) is 0 Å². The van der Waals surface area contributed by atoms with Crippen molar-refractivity contribution in [2.45, 2.75) is 40.2 Å². The Balaban J connectivity index is 2.20. The first-order valence-corrected chi connectivity index (χ1v) is 6.79. The third kappa shape index (κ3) is 3.07.